The first kappa shape index (κ1) is 19.2. The topological polar surface area (TPSA) is 55.4 Å². The fourth-order valence-corrected chi connectivity index (χ4v) is 3.66. The molecule has 1 atom stereocenters. The summed E-state index contributed by atoms with van der Waals surface area (Å²) in [5.74, 6) is -0.531. The fourth-order valence-electron chi connectivity index (χ4n) is 2.58. The Morgan fingerprint density at radius 2 is 1.92 bits per heavy atom. The highest BCUT2D eigenvalue weighted by Crippen LogP contribution is 2.31. The molecule has 1 aromatic carbocycles. The van der Waals surface area contributed by atoms with Crippen molar-refractivity contribution in [2.24, 2.45) is 5.92 Å². The molecule has 0 aliphatic carbocycles. The number of benzene rings is 1. The lowest BCUT2D eigenvalue weighted by Crippen LogP contribution is -2.21. The van der Waals surface area contributed by atoms with Gasteiger partial charge in [-0.25, -0.2) is 4.79 Å². The number of carbonyl (C=O) groups excluding carboxylic acids is 2. The van der Waals surface area contributed by atoms with Gasteiger partial charge in [-0.3, -0.25) is 4.79 Å². The van der Waals surface area contributed by atoms with Gasteiger partial charge in [-0.05, 0) is 25.0 Å². The van der Waals surface area contributed by atoms with Gasteiger partial charge >= 0.3 is 5.97 Å². The smallest absolute Gasteiger partial charge is 0.341 e. The van der Waals surface area contributed by atoms with Crippen molar-refractivity contribution < 1.29 is 14.3 Å². The average Bonchev–Trinajstić information content (AvgIpc) is 2.98. The second kappa shape index (κ2) is 9.37. The highest BCUT2D eigenvalue weighted by atomic mass is 32.1. The molecule has 5 heteroatoms. The van der Waals surface area contributed by atoms with Crippen LogP contribution in [0.1, 0.15) is 54.4 Å². The van der Waals surface area contributed by atoms with Gasteiger partial charge in [0.2, 0.25) is 5.91 Å². The monoisotopic (exact) mass is 359 g/mol. The fraction of sp³-hybridized carbons (Fsp3) is 0.400. The van der Waals surface area contributed by atoms with Crippen molar-refractivity contribution in [3.8, 4) is 0 Å². The molecule has 0 bridgehead atoms. The Labute approximate surface area is 153 Å². The summed E-state index contributed by atoms with van der Waals surface area (Å²) >= 11 is 1.44. The molecular weight excluding hydrogens is 334 g/mol. The zero-order valence-electron chi connectivity index (χ0n) is 15.0. The maximum Gasteiger partial charge on any atom is 0.341 e. The van der Waals surface area contributed by atoms with Gasteiger partial charge in [-0.1, -0.05) is 50.6 Å². The minimum atomic E-state index is -0.392. The van der Waals surface area contributed by atoms with E-state index in [4.69, 9.17) is 4.74 Å². The van der Waals surface area contributed by atoms with E-state index < -0.39 is 5.97 Å². The van der Waals surface area contributed by atoms with Crippen molar-refractivity contribution in [1.82, 2.24) is 0 Å². The number of nitrogens with one attached hydrogen (secondary N) is 1. The second-order valence-corrected chi connectivity index (χ2v) is 7.15. The van der Waals surface area contributed by atoms with Gasteiger partial charge in [0.1, 0.15) is 5.00 Å². The van der Waals surface area contributed by atoms with E-state index in [0.29, 0.717) is 17.2 Å². The molecule has 1 N–H and O–H groups in total. The summed E-state index contributed by atoms with van der Waals surface area (Å²) in [5, 5.41) is 3.50. The van der Waals surface area contributed by atoms with E-state index in [0.717, 1.165) is 29.7 Å². The maximum atomic E-state index is 12.3. The number of carbonyl (C=O) groups is 2. The van der Waals surface area contributed by atoms with Crippen molar-refractivity contribution in [3.63, 3.8) is 0 Å². The molecule has 0 spiro atoms. The van der Waals surface area contributed by atoms with E-state index in [1.165, 1.54) is 11.3 Å². The van der Waals surface area contributed by atoms with Gasteiger partial charge in [0.15, 0.2) is 0 Å². The molecule has 2 aromatic rings. The highest BCUT2D eigenvalue weighted by Gasteiger charge is 2.21. The standard InChI is InChI=1S/C20H25NO3S/c1-4-9-14(3)18(22)21-19-17(20(23)24-5-2)13-16(25-19)12-15-10-7-6-8-11-15/h6-8,10-11,13-14H,4-5,9,12H2,1-3H3,(H,21,22). The van der Waals surface area contributed by atoms with Crippen LogP contribution in [0, 0.1) is 5.92 Å². The Kier molecular flexibility index (Phi) is 7.19. The molecular formula is C20H25NO3S. The number of thiophene rings is 1. The first-order valence-corrected chi connectivity index (χ1v) is 9.51. The molecule has 0 saturated carbocycles. The predicted octanol–water partition coefficient (Wildman–Crippen LogP) is 4.89. The van der Waals surface area contributed by atoms with Crippen LogP contribution in [0.15, 0.2) is 36.4 Å². The largest absolute Gasteiger partial charge is 0.462 e. The van der Waals surface area contributed by atoms with Crippen molar-refractivity contribution >= 4 is 28.2 Å². The molecule has 0 fully saturated rings. The number of ether oxygens (including phenoxy) is 1. The van der Waals surface area contributed by atoms with E-state index in [9.17, 15) is 9.59 Å². The molecule has 1 aromatic heterocycles. The van der Waals surface area contributed by atoms with E-state index >= 15 is 0 Å². The predicted molar refractivity (Wildman–Crippen MR) is 102 cm³/mol. The number of hydrogen-bond acceptors (Lipinski definition) is 4. The van der Waals surface area contributed by atoms with Gasteiger partial charge in [0.25, 0.3) is 0 Å². The summed E-state index contributed by atoms with van der Waals surface area (Å²) in [6.45, 7) is 6.04. The Morgan fingerprint density at radius 3 is 2.56 bits per heavy atom. The Morgan fingerprint density at radius 1 is 1.20 bits per heavy atom. The van der Waals surface area contributed by atoms with Crippen LogP contribution in [0.4, 0.5) is 5.00 Å². The number of amides is 1. The maximum absolute atomic E-state index is 12.3. The molecule has 0 radical (unpaired) electrons. The summed E-state index contributed by atoms with van der Waals surface area (Å²) in [6.07, 6.45) is 2.49. The SMILES string of the molecule is CCCC(C)C(=O)Nc1sc(Cc2ccccc2)cc1C(=O)OCC. The molecule has 1 heterocycles. The summed E-state index contributed by atoms with van der Waals surface area (Å²) in [4.78, 5) is 25.6. The van der Waals surface area contributed by atoms with Crippen LogP contribution in [-0.4, -0.2) is 18.5 Å². The van der Waals surface area contributed by atoms with Gasteiger partial charge in [-0.2, -0.15) is 0 Å². The van der Waals surface area contributed by atoms with Crippen LogP contribution in [0.25, 0.3) is 0 Å². The van der Waals surface area contributed by atoms with Gasteiger partial charge in [0, 0.05) is 17.2 Å². The van der Waals surface area contributed by atoms with Crippen LogP contribution in [0.3, 0.4) is 0 Å². The lowest BCUT2D eigenvalue weighted by atomic mass is 10.1. The van der Waals surface area contributed by atoms with Crippen molar-refractivity contribution in [1.29, 1.82) is 0 Å². The molecule has 134 valence electrons. The first-order valence-electron chi connectivity index (χ1n) is 8.69. The minimum absolute atomic E-state index is 0.0551. The zero-order valence-corrected chi connectivity index (χ0v) is 15.8. The van der Waals surface area contributed by atoms with Crippen molar-refractivity contribution in [3.05, 3.63) is 52.4 Å². The van der Waals surface area contributed by atoms with E-state index in [-0.39, 0.29) is 11.8 Å². The third-order valence-corrected chi connectivity index (χ3v) is 4.96. The summed E-state index contributed by atoms with van der Waals surface area (Å²) in [5.41, 5.74) is 1.60. The van der Waals surface area contributed by atoms with Crippen molar-refractivity contribution in [2.45, 2.75) is 40.0 Å². The van der Waals surface area contributed by atoms with E-state index in [1.807, 2.05) is 43.3 Å². The zero-order chi connectivity index (χ0) is 18.2. The molecule has 0 aliphatic heterocycles. The summed E-state index contributed by atoms with van der Waals surface area (Å²) in [6, 6.07) is 11.9. The number of rotatable bonds is 8. The molecule has 1 amide bonds. The normalized spacial score (nSPS) is 11.8. The summed E-state index contributed by atoms with van der Waals surface area (Å²) < 4.78 is 5.14. The second-order valence-electron chi connectivity index (χ2n) is 6.02. The van der Waals surface area contributed by atoms with Gasteiger partial charge in [0.05, 0.1) is 12.2 Å². The third-order valence-electron chi connectivity index (χ3n) is 3.91. The van der Waals surface area contributed by atoms with Crippen LogP contribution in [0.2, 0.25) is 0 Å². The Hall–Kier alpha value is -2.14. The molecule has 0 saturated heterocycles. The number of hydrogen-bond donors (Lipinski definition) is 1. The first-order chi connectivity index (χ1) is 12.0. The van der Waals surface area contributed by atoms with Gasteiger partial charge < -0.3 is 10.1 Å². The van der Waals surface area contributed by atoms with Crippen LogP contribution >= 0.6 is 11.3 Å². The van der Waals surface area contributed by atoms with E-state index in [1.54, 1.807) is 6.92 Å². The number of esters is 1. The lowest BCUT2D eigenvalue weighted by Gasteiger charge is -2.11. The van der Waals surface area contributed by atoms with Crippen LogP contribution < -0.4 is 5.32 Å². The lowest BCUT2D eigenvalue weighted by molar-refractivity contribution is -0.119. The quantitative estimate of drug-likeness (QED) is 0.683. The molecule has 2 rings (SSSR count). The molecule has 25 heavy (non-hydrogen) atoms. The third kappa shape index (κ3) is 5.43. The highest BCUT2D eigenvalue weighted by molar-refractivity contribution is 7.16. The Bertz CT molecular complexity index is 709. The molecule has 0 aliphatic rings. The number of anilines is 1. The molecule has 4 nitrogen and oxygen atoms in total. The minimum Gasteiger partial charge on any atom is -0.462 e. The average molecular weight is 359 g/mol. The van der Waals surface area contributed by atoms with Crippen LogP contribution in [-0.2, 0) is 16.0 Å². The van der Waals surface area contributed by atoms with E-state index in [2.05, 4.69) is 12.2 Å². The Balaban J connectivity index is 2.23. The van der Waals surface area contributed by atoms with Crippen molar-refractivity contribution in [2.75, 3.05) is 11.9 Å². The summed E-state index contributed by atoms with van der Waals surface area (Å²) in [7, 11) is 0. The van der Waals surface area contributed by atoms with Gasteiger partial charge in [-0.15, -0.1) is 11.3 Å². The van der Waals surface area contributed by atoms with Crippen LogP contribution in [0.5, 0.6) is 0 Å². The molecule has 1 unspecified atom stereocenters.